The Morgan fingerprint density at radius 1 is 0.833 bits per heavy atom. The van der Waals surface area contributed by atoms with E-state index in [-0.39, 0.29) is 38.0 Å². The summed E-state index contributed by atoms with van der Waals surface area (Å²) < 4.78 is 0. The number of H-pyrrole nitrogens is 2. The summed E-state index contributed by atoms with van der Waals surface area (Å²) in [5.74, 6) is 0. The second-order valence-electron chi connectivity index (χ2n) is 1.32. The van der Waals surface area contributed by atoms with Crippen molar-refractivity contribution < 1.29 is 29.6 Å². The molecule has 0 aromatic carbocycles. The van der Waals surface area contributed by atoms with Gasteiger partial charge in [-0.15, -0.1) is 10.2 Å². The fourth-order valence-electron chi connectivity index (χ4n) is 0.333. The van der Waals surface area contributed by atoms with E-state index in [1.54, 1.807) is 24.8 Å². The van der Waals surface area contributed by atoms with Crippen LogP contribution in [0.5, 0.6) is 0 Å². The van der Waals surface area contributed by atoms with Gasteiger partial charge in [-0.2, -0.15) is 0 Å². The average Bonchev–Trinajstić information content (AvgIpc) is 2.67. The minimum atomic E-state index is 0. The van der Waals surface area contributed by atoms with Crippen molar-refractivity contribution >= 4 is 8.41 Å². The third kappa shape index (κ3) is 7.45. The van der Waals surface area contributed by atoms with Crippen LogP contribution in [0.15, 0.2) is 24.8 Å². The molecule has 2 N–H and O–H groups in total. The van der Waals surface area contributed by atoms with Gasteiger partial charge in [0.05, 0.1) is 12.4 Å². The molecule has 0 fully saturated rings. The molecule has 0 aliphatic carbocycles. The van der Waals surface area contributed by atoms with Crippen LogP contribution in [0.25, 0.3) is 0 Å². The molecule has 0 aliphatic heterocycles. The molecule has 12 heavy (non-hydrogen) atoms. The first kappa shape index (κ1) is 13.9. The number of nitrogens with zero attached hydrogens (tertiary/aromatic N) is 4. The normalized spacial score (nSPS) is 6.67. The SMILES string of the molecule is [BH4-].[Na+].c1c[nH]nn1.c1c[nH]nn1. The zero-order valence-corrected chi connectivity index (χ0v) is 8.10. The molecular formula is C4H10BN6Na. The van der Waals surface area contributed by atoms with Crippen LogP contribution < -0.4 is 29.6 Å². The molecule has 0 atom stereocenters. The smallest absolute Gasteiger partial charge is 0.266 e. The van der Waals surface area contributed by atoms with Crippen molar-refractivity contribution in [1.82, 2.24) is 30.8 Å². The van der Waals surface area contributed by atoms with Crippen LogP contribution in [0, 0.1) is 0 Å². The topological polar surface area (TPSA) is 83.1 Å². The van der Waals surface area contributed by atoms with Gasteiger partial charge in [0, 0.05) is 12.4 Å². The molecule has 0 saturated heterocycles. The molecule has 0 spiro atoms. The second-order valence-corrected chi connectivity index (χ2v) is 1.32. The third-order valence-electron chi connectivity index (χ3n) is 0.662. The molecule has 0 saturated carbocycles. The summed E-state index contributed by atoms with van der Waals surface area (Å²) in [6.45, 7) is 0. The summed E-state index contributed by atoms with van der Waals surface area (Å²) in [5, 5.41) is 18.5. The molecule has 2 aromatic heterocycles. The fraction of sp³-hybridized carbons (Fsp3) is 0. The molecule has 0 radical (unpaired) electrons. The molecule has 6 nitrogen and oxygen atoms in total. The van der Waals surface area contributed by atoms with E-state index in [9.17, 15) is 0 Å². The Morgan fingerprint density at radius 2 is 1.25 bits per heavy atom. The van der Waals surface area contributed by atoms with Gasteiger partial charge >= 0.3 is 29.6 Å². The summed E-state index contributed by atoms with van der Waals surface area (Å²) in [4.78, 5) is 0. The first-order valence-corrected chi connectivity index (χ1v) is 2.61. The molecule has 2 aromatic rings. The van der Waals surface area contributed by atoms with E-state index in [2.05, 4.69) is 30.8 Å². The Balaban J connectivity index is 0. The minimum Gasteiger partial charge on any atom is -0.266 e. The first-order chi connectivity index (χ1) is 5.00. The van der Waals surface area contributed by atoms with E-state index in [1.807, 2.05) is 0 Å². The Hall–Kier alpha value is -0.655. The van der Waals surface area contributed by atoms with E-state index in [0.29, 0.717) is 0 Å². The van der Waals surface area contributed by atoms with E-state index in [0.717, 1.165) is 0 Å². The van der Waals surface area contributed by atoms with Crippen molar-refractivity contribution in [3.8, 4) is 0 Å². The largest absolute Gasteiger partial charge is 1.00 e. The zero-order valence-electron chi connectivity index (χ0n) is 6.10. The standard InChI is InChI=1S/2C2H3N3.BH4.Na/c2*1-2-4-5-3-1;;/h2*1-2H,(H,3,4,5);1H4;/q;;-1;+1. The Labute approximate surface area is 93.4 Å². The van der Waals surface area contributed by atoms with E-state index in [1.165, 1.54) is 0 Å². The molecule has 0 bridgehead atoms. The maximum atomic E-state index is 3.42. The van der Waals surface area contributed by atoms with Gasteiger partial charge in [0.1, 0.15) is 0 Å². The van der Waals surface area contributed by atoms with Gasteiger partial charge in [-0.25, -0.2) is 0 Å². The van der Waals surface area contributed by atoms with E-state index in [4.69, 9.17) is 0 Å². The van der Waals surface area contributed by atoms with Crippen molar-refractivity contribution in [3.05, 3.63) is 24.8 Å². The quantitative estimate of drug-likeness (QED) is 0.394. The Morgan fingerprint density at radius 3 is 1.33 bits per heavy atom. The van der Waals surface area contributed by atoms with Crippen LogP contribution in [0.3, 0.4) is 0 Å². The van der Waals surface area contributed by atoms with Crippen LogP contribution in [-0.2, 0) is 0 Å². The van der Waals surface area contributed by atoms with Crippen molar-refractivity contribution in [2.24, 2.45) is 0 Å². The summed E-state index contributed by atoms with van der Waals surface area (Å²) in [6.07, 6.45) is 6.47. The van der Waals surface area contributed by atoms with Gasteiger partial charge in [-0.05, 0) is 0 Å². The molecule has 2 heterocycles. The molecule has 0 amide bonds. The van der Waals surface area contributed by atoms with Crippen LogP contribution in [-0.4, -0.2) is 39.2 Å². The van der Waals surface area contributed by atoms with Crippen LogP contribution in [0.4, 0.5) is 0 Å². The van der Waals surface area contributed by atoms with Gasteiger partial charge in [0.15, 0.2) is 0 Å². The number of hydrogen-bond donors (Lipinski definition) is 2. The molecule has 0 unspecified atom stereocenters. The Kier molecular flexibility index (Phi) is 12.0. The predicted molar refractivity (Wildman–Crippen MR) is 44.1 cm³/mol. The average molecular weight is 176 g/mol. The monoisotopic (exact) mass is 176 g/mol. The predicted octanol–water partition coefficient (Wildman–Crippen LogP) is -4.84. The maximum absolute atomic E-state index is 3.42. The molecule has 0 aliphatic rings. The van der Waals surface area contributed by atoms with Crippen LogP contribution in [0.2, 0.25) is 0 Å². The Bertz CT molecular complexity index is 159. The third-order valence-corrected chi connectivity index (χ3v) is 0.662. The minimum absolute atomic E-state index is 0. The summed E-state index contributed by atoms with van der Waals surface area (Å²) in [5.41, 5.74) is 0. The first-order valence-electron chi connectivity index (χ1n) is 2.61. The molecule has 8 heteroatoms. The number of nitrogens with one attached hydrogen (secondary N) is 2. The molecule has 2 rings (SSSR count). The van der Waals surface area contributed by atoms with Gasteiger partial charge in [-0.3, -0.25) is 10.2 Å². The van der Waals surface area contributed by atoms with Gasteiger partial charge in [0.2, 0.25) is 0 Å². The summed E-state index contributed by atoms with van der Waals surface area (Å²) >= 11 is 0. The zero-order chi connectivity index (χ0) is 7.07. The fourth-order valence-corrected chi connectivity index (χ4v) is 0.333. The number of rotatable bonds is 0. The van der Waals surface area contributed by atoms with E-state index < -0.39 is 0 Å². The summed E-state index contributed by atoms with van der Waals surface area (Å²) in [6, 6.07) is 0. The molecule has 60 valence electrons. The van der Waals surface area contributed by atoms with Crippen LogP contribution >= 0.6 is 0 Å². The van der Waals surface area contributed by atoms with Gasteiger partial charge < -0.3 is 0 Å². The van der Waals surface area contributed by atoms with Crippen molar-refractivity contribution in [3.63, 3.8) is 0 Å². The number of aromatic amines is 2. The second kappa shape index (κ2) is 10.3. The number of aromatic nitrogens is 6. The van der Waals surface area contributed by atoms with Crippen molar-refractivity contribution in [1.29, 1.82) is 0 Å². The summed E-state index contributed by atoms with van der Waals surface area (Å²) in [7, 11) is 0. The molecular weight excluding hydrogens is 166 g/mol. The van der Waals surface area contributed by atoms with Gasteiger partial charge in [-0.1, -0.05) is 18.8 Å². The van der Waals surface area contributed by atoms with Crippen molar-refractivity contribution in [2.45, 2.75) is 0 Å². The maximum Gasteiger partial charge on any atom is 1.00 e. The van der Waals surface area contributed by atoms with E-state index >= 15 is 0 Å². The van der Waals surface area contributed by atoms with Crippen LogP contribution in [0.1, 0.15) is 0 Å². The number of hydrogen-bond acceptors (Lipinski definition) is 4. The van der Waals surface area contributed by atoms with Crippen molar-refractivity contribution in [2.75, 3.05) is 0 Å². The van der Waals surface area contributed by atoms with Gasteiger partial charge in [0.25, 0.3) is 0 Å².